The molecule has 5 nitrogen and oxygen atoms in total. The fourth-order valence-corrected chi connectivity index (χ4v) is 2.21. The van der Waals surface area contributed by atoms with Gasteiger partial charge in [-0.2, -0.15) is 4.98 Å². The van der Waals surface area contributed by atoms with E-state index >= 15 is 0 Å². The molecule has 0 saturated heterocycles. The van der Waals surface area contributed by atoms with Gasteiger partial charge in [-0.05, 0) is 47.1 Å². The van der Waals surface area contributed by atoms with Gasteiger partial charge in [0.15, 0.2) is 0 Å². The summed E-state index contributed by atoms with van der Waals surface area (Å²) in [7, 11) is 1.53. The molecule has 0 atom stereocenters. The molecule has 0 unspecified atom stereocenters. The van der Waals surface area contributed by atoms with Gasteiger partial charge in [-0.25, -0.2) is 9.37 Å². The summed E-state index contributed by atoms with van der Waals surface area (Å²) >= 11 is 3.31. The fraction of sp³-hybridized carbons (Fsp3) is 0.286. The van der Waals surface area contributed by atoms with Crippen molar-refractivity contribution in [1.29, 1.82) is 0 Å². The number of nitrogens with zero attached hydrogens (tertiary/aromatic N) is 3. The van der Waals surface area contributed by atoms with Gasteiger partial charge in [0, 0.05) is 12.2 Å². The molecule has 0 radical (unpaired) electrons. The van der Waals surface area contributed by atoms with Crippen LogP contribution in [0.2, 0.25) is 0 Å². The minimum Gasteiger partial charge on any atom is -0.480 e. The highest BCUT2D eigenvalue weighted by Gasteiger charge is 2.15. The van der Waals surface area contributed by atoms with Crippen molar-refractivity contribution < 1.29 is 9.13 Å². The zero-order valence-electron chi connectivity index (χ0n) is 11.6. The summed E-state index contributed by atoms with van der Waals surface area (Å²) in [5, 5.41) is 0. The van der Waals surface area contributed by atoms with Crippen LogP contribution in [-0.4, -0.2) is 30.2 Å². The van der Waals surface area contributed by atoms with E-state index in [0.29, 0.717) is 35.1 Å². The van der Waals surface area contributed by atoms with Crippen molar-refractivity contribution in [3.05, 3.63) is 40.8 Å². The Labute approximate surface area is 131 Å². The molecule has 0 aliphatic carbocycles. The molecule has 112 valence electrons. The molecule has 0 fully saturated rings. The summed E-state index contributed by atoms with van der Waals surface area (Å²) in [5.41, 5.74) is 6.24. The van der Waals surface area contributed by atoms with Gasteiger partial charge in [-0.1, -0.05) is 6.07 Å². The Morgan fingerprint density at radius 1 is 1.43 bits per heavy atom. The lowest BCUT2D eigenvalue weighted by Gasteiger charge is -2.23. The lowest BCUT2D eigenvalue weighted by Crippen LogP contribution is -2.23. The highest BCUT2D eigenvalue weighted by atomic mass is 79.9. The van der Waals surface area contributed by atoms with E-state index in [1.807, 2.05) is 4.90 Å². The maximum Gasteiger partial charge on any atom is 0.233 e. The molecule has 0 saturated carbocycles. The number of benzene rings is 1. The predicted octanol–water partition coefficient (Wildman–Crippen LogP) is 2.87. The largest absolute Gasteiger partial charge is 0.480 e. The number of methoxy groups -OCH3 is 1. The van der Waals surface area contributed by atoms with E-state index in [1.54, 1.807) is 18.3 Å². The number of hydrogen-bond acceptors (Lipinski definition) is 5. The molecule has 2 N–H and O–H groups in total. The minimum absolute atomic E-state index is 0.311. The third-order valence-corrected chi connectivity index (χ3v) is 3.38. The third kappa shape index (κ3) is 3.89. The molecule has 0 amide bonds. The zero-order chi connectivity index (χ0) is 15.2. The van der Waals surface area contributed by atoms with Crippen LogP contribution in [0.15, 0.2) is 34.9 Å². The van der Waals surface area contributed by atoms with Gasteiger partial charge in [0.25, 0.3) is 0 Å². The van der Waals surface area contributed by atoms with Crippen LogP contribution >= 0.6 is 15.9 Å². The smallest absolute Gasteiger partial charge is 0.233 e. The predicted molar refractivity (Wildman–Crippen MR) is 83.4 cm³/mol. The maximum absolute atomic E-state index is 13.5. The van der Waals surface area contributed by atoms with Gasteiger partial charge in [0.05, 0.1) is 17.8 Å². The zero-order valence-corrected chi connectivity index (χ0v) is 13.2. The molecule has 21 heavy (non-hydrogen) atoms. The van der Waals surface area contributed by atoms with E-state index in [4.69, 9.17) is 10.5 Å². The van der Waals surface area contributed by atoms with Crippen LogP contribution in [0.3, 0.4) is 0 Å². The van der Waals surface area contributed by atoms with Crippen LogP contribution in [0.25, 0.3) is 0 Å². The first-order valence-electron chi connectivity index (χ1n) is 6.45. The molecule has 2 rings (SSSR count). The Morgan fingerprint density at radius 2 is 2.24 bits per heavy atom. The van der Waals surface area contributed by atoms with Crippen molar-refractivity contribution in [3.8, 4) is 5.88 Å². The first-order chi connectivity index (χ1) is 10.2. The highest BCUT2D eigenvalue weighted by molar-refractivity contribution is 9.10. The molecule has 1 aromatic carbocycles. The Balaban J connectivity index is 2.40. The van der Waals surface area contributed by atoms with Crippen molar-refractivity contribution in [2.45, 2.75) is 6.42 Å². The van der Waals surface area contributed by atoms with E-state index in [-0.39, 0.29) is 5.82 Å². The van der Waals surface area contributed by atoms with Crippen LogP contribution in [0, 0.1) is 5.82 Å². The van der Waals surface area contributed by atoms with Crippen LogP contribution in [-0.2, 0) is 0 Å². The molecule has 1 heterocycles. The minimum atomic E-state index is -0.311. The fourth-order valence-electron chi connectivity index (χ4n) is 1.85. The van der Waals surface area contributed by atoms with Crippen molar-refractivity contribution in [3.63, 3.8) is 0 Å². The Bertz CT molecular complexity index is 611. The average Bonchev–Trinajstić information content (AvgIpc) is 2.49. The summed E-state index contributed by atoms with van der Waals surface area (Å²) in [6.45, 7) is 1.12. The number of halogens is 2. The first kappa shape index (κ1) is 15.7. The summed E-state index contributed by atoms with van der Waals surface area (Å²) in [6.07, 6.45) is 2.34. The number of rotatable bonds is 6. The molecule has 0 aliphatic rings. The average molecular weight is 355 g/mol. The van der Waals surface area contributed by atoms with Gasteiger partial charge in [-0.3, -0.25) is 0 Å². The Hall–Kier alpha value is -1.73. The lowest BCUT2D eigenvalue weighted by molar-refractivity contribution is 0.394. The van der Waals surface area contributed by atoms with E-state index in [1.165, 1.54) is 19.2 Å². The van der Waals surface area contributed by atoms with Crippen molar-refractivity contribution in [2.75, 3.05) is 25.1 Å². The normalized spacial score (nSPS) is 10.5. The van der Waals surface area contributed by atoms with Gasteiger partial charge in [0.2, 0.25) is 11.8 Å². The van der Waals surface area contributed by atoms with Crippen molar-refractivity contribution in [1.82, 2.24) is 9.97 Å². The highest BCUT2D eigenvalue weighted by Crippen LogP contribution is 2.28. The first-order valence-corrected chi connectivity index (χ1v) is 7.24. The number of nitrogens with two attached hydrogens (primary N) is 1. The number of ether oxygens (including phenoxy) is 1. The summed E-state index contributed by atoms with van der Waals surface area (Å²) < 4.78 is 19.3. The third-order valence-electron chi connectivity index (χ3n) is 2.84. The molecular weight excluding hydrogens is 339 g/mol. The van der Waals surface area contributed by atoms with Gasteiger partial charge < -0.3 is 15.4 Å². The summed E-state index contributed by atoms with van der Waals surface area (Å²) in [6, 6.07) is 6.29. The second-order valence-corrected chi connectivity index (χ2v) is 5.16. The van der Waals surface area contributed by atoms with Crippen LogP contribution < -0.4 is 15.4 Å². The monoisotopic (exact) mass is 354 g/mol. The van der Waals surface area contributed by atoms with E-state index in [9.17, 15) is 4.39 Å². The molecule has 1 aromatic heterocycles. The van der Waals surface area contributed by atoms with Gasteiger partial charge >= 0.3 is 0 Å². The van der Waals surface area contributed by atoms with Crippen LogP contribution in [0.5, 0.6) is 5.88 Å². The second kappa shape index (κ2) is 7.33. The molecule has 0 spiro atoms. The van der Waals surface area contributed by atoms with Gasteiger partial charge in [0.1, 0.15) is 5.82 Å². The molecule has 0 aliphatic heterocycles. The van der Waals surface area contributed by atoms with E-state index in [2.05, 4.69) is 25.9 Å². The summed E-state index contributed by atoms with van der Waals surface area (Å²) in [5.74, 6) is 0.553. The van der Waals surface area contributed by atoms with E-state index in [0.717, 1.165) is 6.42 Å². The lowest BCUT2D eigenvalue weighted by atomic mass is 10.2. The molecule has 0 bridgehead atoms. The van der Waals surface area contributed by atoms with E-state index < -0.39 is 0 Å². The SMILES string of the molecule is COc1nc(N(CCCN)c2cccc(F)c2)ncc1Br. The second-order valence-electron chi connectivity index (χ2n) is 4.30. The Kier molecular flexibility index (Phi) is 5.46. The number of aromatic nitrogens is 2. The standard InChI is InChI=1S/C14H16BrFN4O/c1-21-13-12(15)9-18-14(19-13)20(7-3-6-17)11-5-2-4-10(16)8-11/h2,4-5,8-9H,3,6-7,17H2,1H3. The van der Waals surface area contributed by atoms with Crippen molar-refractivity contribution >= 4 is 27.6 Å². The Morgan fingerprint density at radius 3 is 2.90 bits per heavy atom. The van der Waals surface area contributed by atoms with Crippen LogP contribution in [0.4, 0.5) is 16.0 Å². The number of hydrogen-bond donors (Lipinski definition) is 1. The maximum atomic E-state index is 13.5. The van der Waals surface area contributed by atoms with Crippen molar-refractivity contribution in [2.24, 2.45) is 5.73 Å². The quantitative estimate of drug-likeness (QED) is 0.863. The number of anilines is 2. The summed E-state index contributed by atoms with van der Waals surface area (Å²) in [4.78, 5) is 10.4. The molecule has 2 aromatic rings. The van der Waals surface area contributed by atoms with Gasteiger partial charge in [-0.15, -0.1) is 0 Å². The molecular formula is C14H16BrFN4O. The topological polar surface area (TPSA) is 64.3 Å². The molecule has 7 heteroatoms. The van der Waals surface area contributed by atoms with Crippen LogP contribution in [0.1, 0.15) is 6.42 Å².